The van der Waals surface area contributed by atoms with Crippen LogP contribution in [-0.4, -0.2) is 66.3 Å². The summed E-state index contributed by atoms with van der Waals surface area (Å²) in [5.74, 6) is -3.25. The molecule has 8 nitrogen and oxygen atoms in total. The average molecular weight is 533 g/mol. The molecule has 0 spiro atoms. The van der Waals surface area contributed by atoms with Gasteiger partial charge in [-0.3, -0.25) is 14.4 Å². The molecule has 0 bridgehead atoms. The predicted molar refractivity (Wildman–Crippen MR) is 140 cm³/mol. The van der Waals surface area contributed by atoms with Gasteiger partial charge in [-0.15, -0.1) is 0 Å². The van der Waals surface area contributed by atoms with Crippen LogP contribution in [0.3, 0.4) is 0 Å². The second-order valence-electron chi connectivity index (χ2n) is 14.3. The third-order valence-electron chi connectivity index (χ3n) is 11.4. The lowest BCUT2D eigenvalue weighted by molar-refractivity contribution is -0.182. The molecule has 2 fully saturated rings. The molecule has 0 aliphatic heterocycles. The van der Waals surface area contributed by atoms with Crippen molar-refractivity contribution in [2.24, 2.45) is 39.4 Å². The Morgan fingerprint density at radius 1 is 1.08 bits per heavy atom. The number of ketones is 3. The van der Waals surface area contributed by atoms with Crippen molar-refractivity contribution in [1.29, 1.82) is 0 Å². The van der Waals surface area contributed by atoms with Crippen molar-refractivity contribution in [3.8, 4) is 0 Å². The van der Waals surface area contributed by atoms with Gasteiger partial charge in [-0.05, 0) is 70.3 Å². The Kier molecular flexibility index (Phi) is 6.38. The standard InChI is InChI=1S/C30H44O8/c1-25(2)15-9-10-19-27(5)13-18(32)23(30(8,38)21(34)12-20(33)26(3,4)37)28(27,6)14-22(35)29(19,7)16(15)11-17(31)24(25)36/h9,11,16,18-20,23,31-33,37-38H,10,12-14H2,1-8H3/t16-,18?,19-,20?,23-,27-,28+,29+,30-/m0/s1. The summed E-state index contributed by atoms with van der Waals surface area (Å²) in [4.78, 5) is 40.3. The van der Waals surface area contributed by atoms with Crippen LogP contribution in [0.5, 0.6) is 0 Å². The highest BCUT2D eigenvalue weighted by molar-refractivity contribution is 6.02. The van der Waals surface area contributed by atoms with Crippen LogP contribution in [0.25, 0.3) is 0 Å². The van der Waals surface area contributed by atoms with E-state index in [1.807, 2.05) is 26.8 Å². The molecular formula is C30H44O8. The number of carbonyl (C=O) groups is 3. The molecule has 0 aromatic rings. The molecule has 0 aromatic carbocycles. The SMILES string of the molecule is CC1(C)C(=O)C(O)=C[C@H]2C1=CC[C@@H]1[C@]2(C)C(=O)C[C@]2(C)[C@@H]([C@@](C)(O)C(=O)CC(O)C(C)(C)O)C(O)C[C@@]12C. The van der Waals surface area contributed by atoms with Crippen LogP contribution >= 0.6 is 0 Å². The van der Waals surface area contributed by atoms with Gasteiger partial charge in [-0.25, -0.2) is 0 Å². The van der Waals surface area contributed by atoms with Gasteiger partial charge < -0.3 is 25.5 Å². The van der Waals surface area contributed by atoms with Gasteiger partial charge in [0.15, 0.2) is 11.5 Å². The quantitative estimate of drug-likeness (QED) is 0.339. The fourth-order valence-electron chi connectivity index (χ4n) is 8.78. The van der Waals surface area contributed by atoms with Crippen molar-refractivity contribution >= 4 is 17.3 Å². The van der Waals surface area contributed by atoms with Crippen molar-refractivity contribution in [1.82, 2.24) is 0 Å². The molecular weight excluding hydrogens is 488 g/mol. The maximum atomic E-state index is 14.2. The van der Waals surface area contributed by atoms with Gasteiger partial charge in [0.1, 0.15) is 11.4 Å². The molecule has 2 unspecified atom stereocenters. The summed E-state index contributed by atoms with van der Waals surface area (Å²) in [6, 6.07) is 0. The third kappa shape index (κ3) is 3.59. The molecule has 0 amide bonds. The van der Waals surface area contributed by atoms with Crippen LogP contribution in [0.15, 0.2) is 23.5 Å². The number of aliphatic hydroxyl groups excluding tert-OH is 3. The summed E-state index contributed by atoms with van der Waals surface area (Å²) in [5, 5.41) is 54.1. The molecule has 9 atom stereocenters. The molecule has 0 radical (unpaired) electrons. The first-order chi connectivity index (χ1) is 17.1. The van der Waals surface area contributed by atoms with Crippen LogP contribution in [0.4, 0.5) is 0 Å². The number of allylic oxidation sites excluding steroid dienone is 4. The largest absolute Gasteiger partial charge is 0.505 e. The van der Waals surface area contributed by atoms with Crippen molar-refractivity contribution in [2.75, 3.05) is 0 Å². The van der Waals surface area contributed by atoms with E-state index in [1.54, 1.807) is 13.8 Å². The number of fused-ring (bicyclic) bond motifs is 5. The van der Waals surface area contributed by atoms with E-state index in [2.05, 4.69) is 0 Å². The molecule has 2 saturated carbocycles. The van der Waals surface area contributed by atoms with Crippen LogP contribution < -0.4 is 0 Å². The molecule has 8 heteroatoms. The van der Waals surface area contributed by atoms with Gasteiger partial charge in [0, 0.05) is 30.1 Å². The van der Waals surface area contributed by atoms with E-state index in [0.717, 1.165) is 5.57 Å². The first-order valence-electron chi connectivity index (χ1n) is 13.6. The monoisotopic (exact) mass is 532 g/mol. The minimum atomic E-state index is -2.06. The van der Waals surface area contributed by atoms with Crippen LogP contribution in [0.1, 0.15) is 81.1 Å². The topological polar surface area (TPSA) is 152 Å². The van der Waals surface area contributed by atoms with Crippen molar-refractivity contribution < 1.29 is 39.9 Å². The lowest BCUT2D eigenvalue weighted by Gasteiger charge is -2.63. The second-order valence-corrected chi connectivity index (χ2v) is 14.3. The molecule has 0 aromatic heterocycles. The van der Waals surface area contributed by atoms with Crippen molar-refractivity contribution in [3.63, 3.8) is 0 Å². The molecule has 212 valence electrons. The van der Waals surface area contributed by atoms with Gasteiger partial charge in [-0.2, -0.15) is 0 Å². The molecule has 5 N–H and O–H groups in total. The Balaban J connectivity index is 1.79. The summed E-state index contributed by atoms with van der Waals surface area (Å²) in [6.07, 6.45) is 1.27. The Labute approximate surface area is 224 Å². The number of hydrogen-bond donors (Lipinski definition) is 5. The summed E-state index contributed by atoms with van der Waals surface area (Å²) < 4.78 is 0. The average Bonchev–Trinajstić information content (AvgIpc) is 2.97. The summed E-state index contributed by atoms with van der Waals surface area (Å²) in [7, 11) is 0. The van der Waals surface area contributed by atoms with Crippen molar-refractivity contribution in [3.05, 3.63) is 23.5 Å². The van der Waals surface area contributed by atoms with Crippen LogP contribution in [-0.2, 0) is 14.4 Å². The Morgan fingerprint density at radius 3 is 2.21 bits per heavy atom. The fourth-order valence-corrected chi connectivity index (χ4v) is 8.78. The van der Waals surface area contributed by atoms with E-state index < -0.39 is 69.1 Å². The normalized spacial score (nSPS) is 42.7. The maximum Gasteiger partial charge on any atom is 0.206 e. The zero-order valence-electron chi connectivity index (χ0n) is 23.8. The van der Waals surface area contributed by atoms with E-state index in [4.69, 9.17) is 0 Å². The van der Waals surface area contributed by atoms with Crippen LogP contribution in [0, 0.1) is 39.4 Å². The fraction of sp³-hybridized carbons (Fsp3) is 0.767. The smallest absolute Gasteiger partial charge is 0.206 e. The second kappa shape index (κ2) is 8.32. The number of hydrogen-bond acceptors (Lipinski definition) is 8. The molecule has 4 rings (SSSR count). The number of Topliss-reactive ketones (excluding diaryl/α,β-unsaturated/α-hetero) is 3. The maximum absolute atomic E-state index is 14.2. The highest BCUT2D eigenvalue weighted by atomic mass is 16.3. The van der Waals surface area contributed by atoms with Gasteiger partial charge in [-0.1, -0.05) is 32.4 Å². The zero-order chi connectivity index (χ0) is 29.0. The van der Waals surface area contributed by atoms with Gasteiger partial charge in [0.25, 0.3) is 0 Å². The van der Waals surface area contributed by atoms with E-state index in [9.17, 15) is 39.9 Å². The first-order valence-corrected chi connectivity index (χ1v) is 13.6. The number of carbonyl (C=O) groups excluding carboxylic acids is 3. The summed E-state index contributed by atoms with van der Waals surface area (Å²) >= 11 is 0. The Bertz CT molecular complexity index is 1140. The summed E-state index contributed by atoms with van der Waals surface area (Å²) in [5.41, 5.74) is -6.32. The molecule has 0 saturated heterocycles. The van der Waals surface area contributed by atoms with E-state index >= 15 is 0 Å². The molecule has 38 heavy (non-hydrogen) atoms. The van der Waals surface area contributed by atoms with E-state index in [1.165, 1.54) is 26.8 Å². The highest BCUT2D eigenvalue weighted by Crippen LogP contribution is 2.73. The number of aliphatic hydroxyl groups is 5. The van der Waals surface area contributed by atoms with Gasteiger partial charge in [0.2, 0.25) is 5.78 Å². The Hall–Kier alpha value is -1.87. The van der Waals surface area contributed by atoms with Gasteiger partial charge >= 0.3 is 0 Å². The van der Waals surface area contributed by atoms with Gasteiger partial charge in [0.05, 0.1) is 23.2 Å². The predicted octanol–water partition coefficient (Wildman–Crippen LogP) is 2.81. The molecule has 4 aliphatic carbocycles. The molecule has 4 aliphatic rings. The third-order valence-corrected chi connectivity index (χ3v) is 11.4. The van der Waals surface area contributed by atoms with Crippen LogP contribution in [0.2, 0.25) is 0 Å². The van der Waals surface area contributed by atoms with Crippen molar-refractivity contribution in [2.45, 2.75) is 104 Å². The number of rotatable bonds is 5. The lowest BCUT2D eigenvalue weighted by atomic mass is 9.39. The highest BCUT2D eigenvalue weighted by Gasteiger charge is 2.74. The van der Waals surface area contributed by atoms with E-state index in [-0.39, 0.29) is 36.1 Å². The lowest BCUT2D eigenvalue weighted by Crippen LogP contribution is -2.64. The summed E-state index contributed by atoms with van der Waals surface area (Å²) in [6.45, 7) is 13.4. The minimum absolute atomic E-state index is 0.00244. The minimum Gasteiger partial charge on any atom is -0.505 e. The first kappa shape index (κ1) is 29.1. The molecule has 0 heterocycles. The Morgan fingerprint density at radius 2 is 1.66 bits per heavy atom. The van der Waals surface area contributed by atoms with E-state index in [0.29, 0.717) is 6.42 Å². The zero-order valence-corrected chi connectivity index (χ0v) is 23.8.